The van der Waals surface area contributed by atoms with E-state index in [1.807, 2.05) is 12.1 Å². The van der Waals surface area contributed by atoms with Gasteiger partial charge in [-0.25, -0.2) is 14.8 Å². The van der Waals surface area contributed by atoms with Crippen LogP contribution < -0.4 is 17.2 Å². The second-order valence-electron chi connectivity index (χ2n) is 7.01. The van der Waals surface area contributed by atoms with Crippen LogP contribution in [0.5, 0.6) is 0 Å². The molecule has 4 rings (SSSR count). The molecule has 0 aliphatic heterocycles. The van der Waals surface area contributed by atoms with Crippen molar-refractivity contribution in [1.82, 2.24) is 19.9 Å². The van der Waals surface area contributed by atoms with Crippen molar-refractivity contribution in [3.63, 3.8) is 0 Å². The number of anilines is 1. The Bertz CT molecular complexity index is 1540. The number of thiocarbonyl (C=S) groups is 1. The first-order chi connectivity index (χ1) is 21.6. The summed E-state index contributed by atoms with van der Waals surface area (Å²) in [5, 5.41) is 24.7. The molecule has 17 heteroatoms. The number of nitrogens with zero attached hydrogens (tertiary/aromatic N) is 7. The van der Waals surface area contributed by atoms with Crippen LogP contribution in [0.3, 0.4) is 0 Å². The molecular weight excluding hydrogens is 866 g/mol. The number of pyridine rings is 3. The Labute approximate surface area is 308 Å². The molecule has 0 unspecified atom stereocenters. The van der Waals surface area contributed by atoms with Crippen molar-refractivity contribution < 1.29 is 14.3 Å². The Kier molecular flexibility index (Phi) is 34.6. The van der Waals surface area contributed by atoms with Gasteiger partial charge in [0, 0.05) is 62.7 Å². The molecule has 0 bridgehead atoms. The van der Waals surface area contributed by atoms with Crippen molar-refractivity contribution in [2.24, 2.45) is 11.5 Å². The van der Waals surface area contributed by atoms with E-state index in [2.05, 4.69) is 98.6 Å². The van der Waals surface area contributed by atoms with Gasteiger partial charge in [-0.2, -0.15) is 15.8 Å². The SMILES string of the molecule is C.C.CC#N.II.N#CCC(=O)c1ccccn1.N#Cc1sc(N)nc1-c1ccccn1.NC(N)=S.[CH2+]COC(=O)c1ccccn1. The number of hydrogen-bond donors (Lipinski definition) is 3. The zero-order valence-corrected chi connectivity index (χ0v) is 29.7. The fourth-order valence-corrected chi connectivity index (χ4v) is 3.07. The predicted molar refractivity (Wildman–Crippen MR) is 207 cm³/mol. The van der Waals surface area contributed by atoms with E-state index in [-0.39, 0.29) is 38.8 Å². The first kappa shape index (κ1) is 49.4. The molecule has 0 aliphatic rings. The number of rotatable bonds is 5. The van der Waals surface area contributed by atoms with E-state index in [9.17, 15) is 9.59 Å². The summed E-state index contributed by atoms with van der Waals surface area (Å²) in [5.41, 5.74) is 16.7. The fraction of sp³-hybridized carbons (Fsp3) is 0.167. The van der Waals surface area contributed by atoms with E-state index in [4.69, 9.17) is 21.5 Å². The third-order valence-electron chi connectivity index (χ3n) is 3.95. The molecule has 6 N–H and O–H groups in total. The van der Waals surface area contributed by atoms with Gasteiger partial charge in [-0.1, -0.05) is 44.4 Å². The minimum absolute atomic E-state index is 0. The average Bonchev–Trinajstić information content (AvgIpc) is 3.45. The maximum atomic E-state index is 11.0. The molecular formula is C30H35I2N10O3S2+. The first-order valence-corrected chi connectivity index (χ1v) is 19.4. The number of ketones is 1. The summed E-state index contributed by atoms with van der Waals surface area (Å²) in [6.45, 7) is 4.95. The summed E-state index contributed by atoms with van der Waals surface area (Å²) in [7, 11) is 0. The minimum atomic E-state index is -0.430. The standard InChI is InChI=1S/C9H6N4S.C8H6N2O.C8H8NO2.C2H3N.CH4N2S.2CH4.I2/c10-5-7-8(13-9(11)14-7)6-3-1-2-4-12-6;9-5-4-8(11)7-3-1-2-6-10-7;1-2-11-8(10)7-5-3-4-6-9-7;1-2-3;2-1(3)4;;;1-2/h1-4H,(H2,11,13);1-3,6H,4H2;3-6H,1-2H2;1H3;(H4,2,3,4);2*1H4;/q;;+1;;;;;. The number of hydrogen-bond acceptors (Lipinski definition) is 13. The van der Waals surface area contributed by atoms with Crippen LogP contribution in [-0.2, 0) is 4.74 Å². The number of carbonyl (C=O) groups is 2. The van der Waals surface area contributed by atoms with Crippen LogP contribution in [0.25, 0.3) is 11.4 Å². The molecule has 0 atom stereocenters. The number of esters is 1. The molecule has 47 heavy (non-hydrogen) atoms. The third-order valence-corrected chi connectivity index (χ3v) is 4.74. The smallest absolute Gasteiger partial charge is 0.360 e. The lowest BCUT2D eigenvalue weighted by atomic mass is 10.2. The number of halogens is 2. The highest BCUT2D eigenvalue weighted by Gasteiger charge is 2.11. The second-order valence-corrected chi connectivity index (χ2v) is 8.51. The predicted octanol–water partition coefficient (Wildman–Crippen LogP) is 6.67. The lowest BCUT2D eigenvalue weighted by Crippen LogP contribution is -2.18. The Hall–Kier alpha value is -4.49. The van der Waals surface area contributed by atoms with Crippen molar-refractivity contribution in [2.75, 3.05) is 12.3 Å². The topological polar surface area (TPSA) is 244 Å². The number of ether oxygens (including phenoxy) is 1. The number of nitriles is 3. The molecule has 4 aromatic rings. The van der Waals surface area contributed by atoms with Gasteiger partial charge in [0.1, 0.15) is 41.4 Å². The summed E-state index contributed by atoms with van der Waals surface area (Å²) < 4.78 is 4.62. The largest absolute Gasteiger partial charge is 0.419 e. The van der Waals surface area contributed by atoms with Gasteiger partial charge in [0.2, 0.25) is 6.61 Å². The quantitative estimate of drug-likeness (QED) is 0.0623. The van der Waals surface area contributed by atoms with Gasteiger partial charge < -0.3 is 21.9 Å². The summed E-state index contributed by atoms with van der Waals surface area (Å²) in [6.07, 6.45) is 4.63. The van der Waals surface area contributed by atoms with Crippen LogP contribution >= 0.6 is 60.8 Å². The lowest BCUT2D eigenvalue weighted by Gasteiger charge is -1.95. The maximum absolute atomic E-state index is 11.0. The van der Waals surface area contributed by atoms with Crippen molar-refractivity contribution in [3.05, 3.63) is 96.4 Å². The highest BCUT2D eigenvalue weighted by atomic mass is 128. The van der Waals surface area contributed by atoms with E-state index >= 15 is 0 Å². The molecule has 4 aromatic heterocycles. The van der Waals surface area contributed by atoms with E-state index in [0.29, 0.717) is 32.8 Å². The molecule has 0 amide bonds. The monoisotopic (exact) mass is 901 g/mol. The van der Waals surface area contributed by atoms with Crippen molar-refractivity contribution in [3.8, 4) is 29.6 Å². The molecule has 0 spiro atoms. The molecule has 0 aliphatic carbocycles. The van der Waals surface area contributed by atoms with Gasteiger partial charge in [0.15, 0.2) is 16.0 Å². The Morgan fingerprint density at radius 1 is 0.936 bits per heavy atom. The number of Topliss-reactive ketones (excluding diaryl/α,β-unsaturated/α-hetero) is 1. The molecule has 0 fully saturated rings. The van der Waals surface area contributed by atoms with Gasteiger partial charge in [0.05, 0.1) is 17.8 Å². The molecule has 0 aromatic carbocycles. The number of nitrogens with two attached hydrogens (primary N) is 3. The Morgan fingerprint density at radius 3 is 1.79 bits per heavy atom. The van der Waals surface area contributed by atoms with Crippen LogP contribution in [0.2, 0.25) is 0 Å². The number of carbonyl (C=O) groups excluding carboxylic acids is 2. The van der Waals surface area contributed by atoms with E-state index < -0.39 is 5.97 Å². The van der Waals surface area contributed by atoms with Gasteiger partial charge in [-0.15, -0.1) is 0 Å². The van der Waals surface area contributed by atoms with Crippen LogP contribution in [0.15, 0.2) is 73.2 Å². The maximum Gasteiger partial charge on any atom is 0.360 e. The summed E-state index contributed by atoms with van der Waals surface area (Å²) in [5.74, 6) is -0.659. The number of nitrogen functional groups attached to an aromatic ring is 1. The molecule has 0 saturated heterocycles. The normalized spacial score (nSPS) is 7.83. The van der Waals surface area contributed by atoms with Crippen LogP contribution in [0.1, 0.15) is 54.1 Å². The zero-order chi connectivity index (χ0) is 34.5. The first-order valence-electron chi connectivity index (χ1n) is 11.9. The molecule has 0 saturated carbocycles. The second kappa shape index (κ2) is 32.9. The van der Waals surface area contributed by atoms with Crippen LogP contribution in [-0.4, -0.2) is 43.4 Å². The molecule has 4 heterocycles. The van der Waals surface area contributed by atoms with Crippen LogP contribution in [0, 0.1) is 40.9 Å². The fourth-order valence-electron chi connectivity index (χ4n) is 2.43. The lowest BCUT2D eigenvalue weighted by molar-refractivity contribution is 0.0540. The van der Waals surface area contributed by atoms with Gasteiger partial charge in [-0.05, 0) is 48.6 Å². The summed E-state index contributed by atoms with van der Waals surface area (Å²) in [6, 6.07) is 21.1. The highest BCUT2D eigenvalue weighted by molar-refractivity contribution is 15.0. The molecule has 13 nitrogen and oxygen atoms in total. The van der Waals surface area contributed by atoms with Gasteiger partial charge >= 0.3 is 5.97 Å². The summed E-state index contributed by atoms with van der Waals surface area (Å²) >= 11 is 9.51. The number of aromatic nitrogens is 4. The highest BCUT2D eigenvalue weighted by Crippen LogP contribution is 2.27. The van der Waals surface area contributed by atoms with Crippen molar-refractivity contribution in [2.45, 2.75) is 28.2 Å². The third kappa shape index (κ3) is 24.4. The summed E-state index contributed by atoms with van der Waals surface area (Å²) in [4.78, 5) is 38.1. The Balaban J connectivity index is -0.000000259. The average molecular weight is 902 g/mol. The molecule has 0 radical (unpaired) electrons. The minimum Gasteiger partial charge on any atom is -0.419 e. The van der Waals surface area contributed by atoms with E-state index in [1.165, 1.54) is 24.5 Å². The van der Waals surface area contributed by atoms with Gasteiger partial charge in [0.25, 0.3) is 0 Å². The van der Waals surface area contributed by atoms with E-state index in [1.54, 1.807) is 67.0 Å². The zero-order valence-electron chi connectivity index (χ0n) is 23.7. The molecule has 248 valence electrons. The van der Waals surface area contributed by atoms with Crippen LogP contribution in [0.4, 0.5) is 5.13 Å². The van der Waals surface area contributed by atoms with Crippen molar-refractivity contribution >= 4 is 82.8 Å². The number of thiazole rings is 1. The van der Waals surface area contributed by atoms with E-state index in [0.717, 1.165) is 0 Å². The van der Waals surface area contributed by atoms with Crippen molar-refractivity contribution in [1.29, 1.82) is 15.8 Å². The van der Waals surface area contributed by atoms with Gasteiger partial charge in [-0.3, -0.25) is 14.8 Å². The Morgan fingerprint density at radius 2 is 1.40 bits per heavy atom.